The van der Waals surface area contributed by atoms with E-state index in [1.807, 2.05) is 30.6 Å². The molecule has 0 spiro atoms. The number of rotatable bonds is 2. The van der Waals surface area contributed by atoms with Gasteiger partial charge in [0.1, 0.15) is 0 Å². The van der Waals surface area contributed by atoms with Crippen molar-refractivity contribution in [3.63, 3.8) is 0 Å². The summed E-state index contributed by atoms with van der Waals surface area (Å²) in [6.45, 7) is 2.03. The second-order valence-corrected chi connectivity index (χ2v) is 3.93. The van der Waals surface area contributed by atoms with E-state index in [-0.39, 0.29) is 0 Å². The average molecular weight is 201 g/mol. The minimum absolute atomic E-state index is 1.10. The summed E-state index contributed by atoms with van der Waals surface area (Å²) >= 11 is 1.67. The zero-order valence-electron chi connectivity index (χ0n) is 7.97. The Morgan fingerprint density at radius 3 is 2.57 bits per heavy atom. The van der Waals surface area contributed by atoms with E-state index in [4.69, 9.17) is 0 Å². The first-order valence-corrected chi connectivity index (χ1v) is 5.37. The van der Waals surface area contributed by atoms with Crippen molar-refractivity contribution in [1.29, 1.82) is 0 Å². The average Bonchev–Trinajstić information content (AvgIpc) is 2.63. The van der Waals surface area contributed by atoms with Gasteiger partial charge in [0.25, 0.3) is 0 Å². The number of nitrogens with zero attached hydrogens (tertiary/aromatic N) is 1. The van der Waals surface area contributed by atoms with Gasteiger partial charge in [-0.1, -0.05) is 36.4 Å². The first-order valence-electron chi connectivity index (χ1n) is 4.49. The lowest BCUT2D eigenvalue weighted by Gasteiger charge is -1.91. The van der Waals surface area contributed by atoms with Crippen LogP contribution in [-0.4, -0.2) is 4.98 Å². The van der Waals surface area contributed by atoms with E-state index in [0.29, 0.717) is 0 Å². The molecule has 0 radical (unpaired) electrons. The van der Waals surface area contributed by atoms with Crippen molar-refractivity contribution in [3.8, 4) is 0 Å². The maximum atomic E-state index is 4.20. The lowest BCUT2D eigenvalue weighted by Crippen LogP contribution is -1.72. The lowest BCUT2D eigenvalue weighted by molar-refractivity contribution is 1.26. The molecular weight excluding hydrogens is 190 g/mol. The van der Waals surface area contributed by atoms with Crippen molar-refractivity contribution in [2.24, 2.45) is 0 Å². The molecule has 0 unspecified atom stereocenters. The molecule has 0 aliphatic rings. The van der Waals surface area contributed by atoms with E-state index in [2.05, 4.69) is 29.3 Å². The Labute approximate surface area is 87.8 Å². The van der Waals surface area contributed by atoms with Gasteiger partial charge in [0.2, 0.25) is 0 Å². The summed E-state index contributed by atoms with van der Waals surface area (Å²) in [5.41, 5.74) is 4.20. The molecule has 2 heteroatoms. The van der Waals surface area contributed by atoms with Gasteiger partial charge < -0.3 is 0 Å². The molecule has 0 amide bonds. The first-order chi connectivity index (χ1) is 6.86. The lowest BCUT2D eigenvalue weighted by atomic mass is 10.2. The van der Waals surface area contributed by atoms with Crippen LogP contribution in [0.15, 0.2) is 35.8 Å². The van der Waals surface area contributed by atoms with Gasteiger partial charge in [-0.3, -0.25) is 0 Å². The molecule has 1 aromatic carbocycles. The van der Waals surface area contributed by atoms with Gasteiger partial charge in [-0.05, 0) is 18.6 Å². The highest BCUT2D eigenvalue weighted by molar-refractivity contribution is 7.10. The molecule has 0 fully saturated rings. The SMILES string of the molecule is Cc1ncsc1/C=C\c1ccccc1. The Kier molecular flexibility index (Phi) is 2.75. The molecule has 1 heterocycles. The Bertz CT molecular complexity index is 429. The van der Waals surface area contributed by atoms with Gasteiger partial charge in [-0.25, -0.2) is 4.98 Å². The first kappa shape index (κ1) is 9.16. The fourth-order valence-electron chi connectivity index (χ4n) is 1.21. The molecule has 14 heavy (non-hydrogen) atoms. The topological polar surface area (TPSA) is 12.9 Å². The maximum absolute atomic E-state index is 4.20. The van der Waals surface area contributed by atoms with Crippen LogP contribution >= 0.6 is 11.3 Å². The van der Waals surface area contributed by atoms with Crippen LogP contribution < -0.4 is 0 Å². The van der Waals surface area contributed by atoms with Crippen LogP contribution in [0, 0.1) is 6.92 Å². The highest BCUT2D eigenvalue weighted by Crippen LogP contribution is 2.15. The second-order valence-electron chi connectivity index (χ2n) is 3.05. The van der Waals surface area contributed by atoms with Crippen LogP contribution in [0.4, 0.5) is 0 Å². The fourth-order valence-corrected chi connectivity index (χ4v) is 1.90. The fraction of sp³-hybridized carbons (Fsp3) is 0.0833. The van der Waals surface area contributed by atoms with Crippen LogP contribution in [0.1, 0.15) is 16.1 Å². The minimum Gasteiger partial charge on any atom is -0.249 e. The number of benzene rings is 1. The quantitative estimate of drug-likeness (QED) is 0.723. The van der Waals surface area contributed by atoms with E-state index in [0.717, 1.165) is 5.69 Å². The summed E-state index contributed by atoms with van der Waals surface area (Å²) in [4.78, 5) is 5.43. The molecule has 1 aromatic heterocycles. The summed E-state index contributed by atoms with van der Waals surface area (Å²) in [6.07, 6.45) is 4.23. The monoisotopic (exact) mass is 201 g/mol. The zero-order valence-corrected chi connectivity index (χ0v) is 8.79. The Morgan fingerprint density at radius 2 is 1.93 bits per heavy atom. The summed E-state index contributed by atoms with van der Waals surface area (Å²) in [6, 6.07) is 10.3. The van der Waals surface area contributed by atoms with Gasteiger partial charge in [-0.2, -0.15) is 0 Å². The van der Waals surface area contributed by atoms with Crippen LogP contribution in [0.3, 0.4) is 0 Å². The summed E-state index contributed by atoms with van der Waals surface area (Å²) in [5, 5.41) is 0. The molecule has 2 rings (SSSR count). The minimum atomic E-state index is 1.10. The van der Waals surface area contributed by atoms with Crippen molar-refractivity contribution >= 4 is 23.5 Å². The van der Waals surface area contributed by atoms with Gasteiger partial charge in [0.05, 0.1) is 11.2 Å². The van der Waals surface area contributed by atoms with E-state index in [9.17, 15) is 0 Å². The van der Waals surface area contributed by atoms with Crippen molar-refractivity contribution in [2.45, 2.75) is 6.92 Å². The molecule has 0 N–H and O–H groups in total. The Morgan fingerprint density at radius 1 is 1.14 bits per heavy atom. The normalized spacial score (nSPS) is 10.9. The Hall–Kier alpha value is -1.41. The van der Waals surface area contributed by atoms with Crippen LogP contribution in [0.25, 0.3) is 12.2 Å². The van der Waals surface area contributed by atoms with Crippen molar-refractivity contribution in [2.75, 3.05) is 0 Å². The van der Waals surface area contributed by atoms with E-state index >= 15 is 0 Å². The third-order valence-corrected chi connectivity index (χ3v) is 2.91. The molecule has 0 saturated carbocycles. The van der Waals surface area contributed by atoms with E-state index in [1.165, 1.54) is 10.4 Å². The molecule has 1 nitrogen and oxygen atoms in total. The second kappa shape index (κ2) is 4.20. The smallest absolute Gasteiger partial charge is 0.0801 e. The van der Waals surface area contributed by atoms with Crippen molar-refractivity contribution < 1.29 is 0 Å². The third-order valence-electron chi connectivity index (χ3n) is 2.01. The number of aromatic nitrogens is 1. The van der Waals surface area contributed by atoms with E-state index in [1.54, 1.807) is 11.3 Å². The van der Waals surface area contributed by atoms with Gasteiger partial charge >= 0.3 is 0 Å². The van der Waals surface area contributed by atoms with Crippen LogP contribution in [-0.2, 0) is 0 Å². The standard InChI is InChI=1S/C12H11NS/c1-10-12(14-9-13-10)8-7-11-5-3-2-4-6-11/h2-9H,1H3/b8-7-. The predicted molar refractivity (Wildman–Crippen MR) is 62.2 cm³/mol. The molecule has 0 aliphatic heterocycles. The highest BCUT2D eigenvalue weighted by atomic mass is 32.1. The maximum Gasteiger partial charge on any atom is 0.0801 e. The van der Waals surface area contributed by atoms with Gasteiger partial charge in [-0.15, -0.1) is 11.3 Å². The summed E-state index contributed by atoms with van der Waals surface area (Å²) in [5.74, 6) is 0. The highest BCUT2D eigenvalue weighted by Gasteiger charge is 1.94. The number of hydrogen-bond donors (Lipinski definition) is 0. The number of thiazole rings is 1. The Balaban J connectivity index is 2.20. The van der Waals surface area contributed by atoms with E-state index < -0.39 is 0 Å². The molecule has 0 atom stereocenters. The van der Waals surface area contributed by atoms with Crippen molar-refractivity contribution in [3.05, 3.63) is 52.0 Å². The molecule has 0 aliphatic carbocycles. The van der Waals surface area contributed by atoms with Gasteiger partial charge in [0.15, 0.2) is 0 Å². The molecule has 0 bridgehead atoms. The molecule has 0 saturated heterocycles. The largest absolute Gasteiger partial charge is 0.249 e. The number of hydrogen-bond acceptors (Lipinski definition) is 2. The summed E-state index contributed by atoms with van der Waals surface area (Å²) in [7, 11) is 0. The third kappa shape index (κ3) is 2.09. The number of aryl methyl sites for hydroxylation is 1. The predicted octanol–water partition coefficient (Wildman–Crippen LogP) is 3.62. The zero-order chi connectivity index (χ0) is 9.80. The molecule has 2 aromatic rings. The molecule has 70 valence electrons. The van der Waals surface area contributed by atoms with Crippen LogP contribution in [0.5, 0.6) is 0 Å². The molecular formula is C12H11NS. The summed E-state index contributed by atoms with van der Waals surface area (Å²) < 4.78 is 0. The van der Waals surface area contributed by atoms with Gasteiger partial charge in [0, 0.05) is 4.88 Å². The van der Waals surface area contributed by atoms with Crippen molar-refractivity contribution in [1.82, 2.24) is 4.98 Å². The van der Waals surface area contributed by atoms with Crippen LogP contribution in [0.2, 0.25) is 0 Å².